The smallest absolute Gasteiger partial charge is 0.267 e. The topological polar surface area (TPSA) is 88.7 Å². The lowest BCUT2D eigenvalue weighted by atomic mass is 10.2. The summed E-state index contributed by atoms with van der Waals surface area (Å²) in [7, 11) is 0. The number of carbonyl (C=O) groups excluding carboxylic acids is 1. The maximum atomic E-state index is 11.8. The van der Waals surface area contributed by atoms with Crippen LogP contribution >= 0.6 is 0 Å². The van der Waals surface area contributed by atoms with E-state index in [-0.39, 0.29) is 5.57 Å². The zero-order valence-corrected chi connectivity index (χ0v) is 10.6. The largest absolute Gasteiger partial charge is 0.389 e. The summed E-state index contributed by atoms with van der Waals surface area (Å²) in [5.74, 6) is -0.474. The number of benzene rings is 1. The van der Waals surface area contributed by atoms with Gasteiger partial charge in [-0.2, -0.15) is 10.5 Å². The normalized spacial score (nSPS) is 10.2. The Kier molecular flexibility index (Phi) is 5.65. The number of nitriles is 2. The van der Waals surface area contributed by atoms with Gasteiger partial charge >= 0.3 is 0 Å². The molecular weight excluding hydrogens is 240 g/mol. The summed E-state index contributed by atoms with van der Waals surface area (Å²) in [5.41, 5.74) is 1.63. The number of rotatable bonds is 5. The van der Waals surface area contributed by atoms with Gasteiger partial charge in [-0.15, -0.1) is 0 Å². The van der Waals surface area contributed by atoms with Crippen LogP contribution in [0.3, 0.4) is 0 Å². The van der Waals surface area contributed by atoms with Crippen LogP contribution in [0.2, 0.25) is 0 Å². The summed E-state index contributed by atoms with van der Waals surface area (Å²) in [6.45, 7) is 2.32. The van der Waals surface area contributed by atoms with Crippen molar-refractivity contribution >= 4 is 11.6 Å². The molecule has 0 heterocycles. The van der Waals surface area contributed by atoms with Crippen molar-refractivity contribution in [3.8, 4) is 12.1 Å². The minimum atomic E-state index is -0.474. The van der Waals surface area contributed by atoms with E-state index in [0.717, 1.165) is 5.56 Å². The van der Waals surface area contributed by atoms with Gasteiger partial charge in [-0.25, -0.2) is 0 Å². The minimum absolute atomic E-state index is 0.0283. The highest BCUT2D eigenvalue weighted by molar-refractivity contribution is 6.06. The van der Waals surface area contributed by atoms with Crippen LogP contribution in [-0.2, 0) is 4.79 Å². The maximum absolute atomic E-state index is 11.8. The van der Waals surface area contributed by atoms with E-state index in [2.05, 4.69) is 10.6 Å². The Morgan fingerprint density at radius 1 is 1.42 bits per heavy atom. The molecule has 0 saturated heterocycles. The zero-order valence-electron chi connectivity index (χ0n) is 10.6. The van der Waals surface area contributed by atoms with Crippen LogP contribution in [0.4, 0.5) is 5.69 Å². The monoisotopic (exact) mass is 254 g/mol. The first-order chi connectivity index (χ1) is 9.17. The Bertz CT molecular complexity index is 564. The molecule has 0 radical (unpaired) electrons. The van der Waals surface area contributed by atoms with E-state index in [0.29, 0.717) is 18.7 Å². The number of nitrogens with zero attached hydrogens (tertiary/aromatic N) is 2. The standard InChI is InChI=1S/C14H14N4O/c1-11-4-2-5-13(8-11)18-14(19)12(9-16)10-17-7-3-6-15/h2,4-5,8,10,17H,3,7H2,1H3,(H,18,19)/b12-10-. The number of amides is 1. The molecule has 1 rings (SSSR count). The first-order valence-electron chi connectivity index (χ1n) is 5.76. The van der Waals surface area contributed by atoms with Gasteiger partial charge in [0, 0.05) is 18.4 Å². The molecule has 0 aromatic heterocycles. The summed E-state index contributed by atoms with van der Waals surface area (Å²) in [6, 6.07) is 11.1. The lowest BCUT2D eigenvalue weighted by Crippen LogP contribution is -2.17. The number of hydrogen-bond acceptors (Lipinski definition) is 4. The Morgan fingerprint density at radius 3 is 2.84 bits per heavy atom. The molecule has 0 saturated carbocycles. The van der Waals surface area contributed by atoms with Crippen LogP contribution in [-0.4, -0.2) is 12.5 Å². The van der Waals surface area contributed by atoms with Gasteiger partial charge < -0.3 is 10.6 Å². The molecule has 1 amide bonds. The predicted molar refractivity (Wildman–Crippen MR) is 71.7 cm³/mol. The first kappa shape index (κ1) is 14.3. The van der Waals surface area contributed by atoms with Crippen molar-refractivity contribution in [1.29, 1.82) is 10.5 Å². The second-order valence-electron chi connectivity index (χ2n) is 3.86. The lowest BCUT2D eigenvalue weighted by Gasteiger charge is -2.05. The summed E-state index contributed by atoms with van der Waals surface area (Å²) >= 11 is 0. The highest BCUT2D eigenvalue weighted by Crippen LogP contribution is 2.10. The number of aryl methyl sites for hydroxylation is 1. The van der Waals surface area contributed by atoms with Gasteiger partial charge in [-0.05, 0) is 24.6 Å². The van der Waals surface area contributed by atoms with Crippen molar-refractivity contribution in [3.05, 3.63) is 41.6 Å². The third-order valence-corrected chi connectivity index (χ3v) is 2.27. The van der Waals surface area contributed by atoms with Crippen LogP contribution in [0, 0.1) is 29.6 Å². The third-order valence-electron chi connectivity index (χ3n) is 2.27. The highest BCUT2D eigenvalue weighted by atomic mass is 16.1. The van der Waals surface area contributed by atoms with E-state index in [9.17, 15) is 4.79 Å². The fraction of sp³-hybridized carbons (Fsp3) is 0.214. The van der Waals surface area contributed by atoms with E-state index < -0.39 is 5.91 Å². The Hall–Kier alpha value is -2.79. The highest BCUT2D eigenvalue weighted by Gasteiger charge is 2.08. The molecular formula is C14H14N4O. The van der Waals surface area contributed by atoms with Crippen molar-refractivity contribution in [2.45, 2.75) is 13.3 Å². The first-order valence-corrected chi connectivity index (χ1v) is 5.76. The molecule has 0 aliphatic heterocycles. The third kappa shape index (κ3) is 4.93. The van der Waals surface area contributed by atoms with Gasteiger partial charge in [0.05, 0.1) is 12.5 Å². The van der Waals surface area contributed by atoms with Crippen molar-refractivity contribution in [2.24, 2.45) is 0 Å². The molecule has 1 aromatic rings. The minimum Gasteiger partial charge on any atom is -0.389 e. The molecule has 0 spiro atoms. The van der Waals surface area contributed by atoms with Crippen LogP contribution < -0.4 is 10.6 Å². The molecule has 0 aliphatic rings. The van der Waals surface area contributed by atoms with Crippen LogP contribution in [0.15, 0.2) is 36.0 Å². The second kappa shape index (κ2) is 7.52. The molecule has 19 heavy (non-hydrogen) atoms. The van der Waals surface area contributed by atoms with Crippen LogP contribution in [0.5, 0.6) is 0 Å². The van der Waals surface area contributed by atoms with Gasteiger partial charge in [0.1, 0.15) is 11.6 Å². The van der Waals surface area contributed by atoms with Gasteiger partial charge in [-0.1, -0.05) is 12.1 Å². The summed E-state index contributed by atoms with van der Waals surface area (Å²) in [6.07, 6.45) is 1.64. The molecule has 1 aromatic carbocycles. The lowest BCUT2D eigenvalue weighted by molar-refractivity contribution is -0.112. The molecule has 0 atom stereocenters. The Labute approximate surface area is 112 Å². The molecule has 0 aliphatic carbocycles. The van der Waals surface area contributed by atoms with Gasteiger partial charge in [-0.3, -0.25) is 4.79 Å². The molecule has 2 N–H and O–H groups in total. The number of hydrogen-bond donors (Lipinski definition) is 2. The molecule has 0 unspecified atom stereocenters. The van der Waals surface area contributed by atoms with Crippen LogP contribution in [0.1, 0.15) is 12.0 Å². The second-order valence-corrected chi connectivity index (χ2v) is 3.86. The van der Waals surface area contributed by atoms with E-state index in [1.54, 1.807) is 6.07 Å². The van der Waals surface area contributed by atoms with Crippen molar-refractivity contribution in [1.82, 2.24) is 5.32 Å². The Morgan fingerprint density at radius 2 is 2.21 bits per heavy atom. The maximum Gasteiger partial charge on any atom is 0.267 e. The fourth-order valence-electron chi connectivity index (χ4n) is 1.37. The van der Waals surface area contributed by atoms with Gasteiger partial charge in [0.2, 0.25) is 0 Å². The average Bonchev–Trinajstić information content (AvgIpc) is 2.38. The van der Waals surface area contributed by atoms with E-state index in [4.69, 9.17) is 10.5 Å². The van der Waals surface area contributed by atoms with Crippen molar-refractivity contribution < 1.29 is 4.79 Å². The average molecular weight is 254 g/mol. The molecule has 5 heteroatoms. The quantitative estimate of drug-likeness (QED) is 0.476. The predicted octanol–water partition coefficient (Wildman–Crippen LogP) is 1.84. The zero-order chi connectivity index (χ0) is 14.1. The number of carbonyl (C=O) groups is 1. The van der Waals surface area contributed by atoms with E-state index in [1.165, 1.54) is 6.20 Å². The van der Waals surface area contributed by atoms with Crippen molar-refractivity contribution in [2.75, 3.05) is 11.9 Å². The number of nitrogens with one attached hydrogen (secondary N) is 2. The summed E-state index contributed by atoms with van der Waals surface area (Å²) in [5, 5.41) is 22.7. The summed E-state index contributed by atoms with van der Waals surface area (Å²) < 4.78 is 0. The molecule has 5 nitrogen and oxygen atoms in total. The SMILES string of the molecule is Cc1cccc(NC(=O)/C(C#N)=C\NCCC#N)c1. The van der Waals surface area contributed by atoms with E-state index in [1.807, 2.05) is 37.3 Å². The van der Waals surface area contributed by atoms with Gasteiger partial charge in [0.15, 0.2) is 0 Å². The molecule has 0 fully saturated rings. The Balaban J connectivity index is 2.65. The number of anilines is 1. The summed E-state index contributed by atoms with van der Waals surface area (Å²) in [4.78, 5) is 11.8. The fourth-order valence-corrected chi connectivity index (χ4v) is 1.37. The molecule has 96 valence electrons. The van der Waals surface area contributed by atoms with Crippen molar-refractivity contribution in [3.63, 3.8) is 0 Å². The van der Waals surface area contributed by atoms with Crippen LogP contribution in [0.25, 0.3) is 0 Å². The van der Waals surface area contributed by atoms with Gasteiger partial charge in [0.25, 0.3) is 5.91 Å². The van der Waals surface area contributed by atoms with E-state index >= 15 is 0 Å². The molecule has 0 bridgehead atoms.